The topological polar surface area (TPSA) is 84.8 Å². The summed E-state index contributed by atoms with van der Waals surface area (Å²) in [6.45, 7) is 0.697. The smallest absolute Gasteiger partial charge is 0.251 e. The van der Waals surface area contributed by atoms with E-state index < -0.39 is 0 Å². The van der Waals surface area contributed by atoms with E-state index in [9.17, 15) is 4.79 Å². The van der Waals surface area contributed by atoms with E-state index in [2.05, 4.69) is 32.3 Å². The molecule has 8 heteroatoms. The van der Waals surface area contributed by atoms with E-state index in [1.807, 2.05) is 48.7 Å². The predicted molar refractivity (Wildman–Crippen MR) is 128 cm³/mol. The second-order valence-electron chi connectivity index (χ2n) is 7.18. The number of carbonyl (C=O) groups excluding carboxylic acids is 1. The van der Waals surface area contributed by atoms with E-state index in [-0.39, 0.29) is 12.0 Å². The van der Waals surface area contributed by atoms with Crippen LogP contribution in [0.4, 0.5) is 5.82 Å². The summed E-state index contributed by atoms with van der Waals surface area (Å²) in [6.07, 6.45) is 3.91. The standard InChI is InChI=1S/C24H24N4O3S/c1-32-28-23-13-18(11-12-25-23)24(29)26-15-19-14-20(31-27-19)16-30-22-10-6-5-9-21(22)17-7-3-2-4-8-17/h2-13,20H,14-16H2,1H3,(H,25,28)(H,26,29). The van der Waals surface area contributed by atoms with Crippen molar-refractivity contribution in [3.05, 3.63) is 78.5 Å². The lowest BCUT2D eigenvalue weighted by atomic mass is 10.0. The molecule has 4 rings (SSSR count). The third-order valence-corrected chi connectivity index (χ3v) is 5.29. The molecule has 7 nitrogen and oxygen atoms in total. The number of amides is 1. The number of rotatable bonds is 9. The van der Waals surface area contributed by atoms with Gasteiger partial charge in [0.15, 0.2) is 6.10 Å². The van der Waals surface area contributed by atoms with E-state index in [0.29, 0.717) is 31.0 Å². The van der Waals surface area contributed by atoms with Crippen molar-refractivity contribution in [3.63, 3.8) is 0 Å². The molecule has 0 bridgehead atoms. The number of oxime groups is 1. The first kappa shape index (κ1) is 21.7. The van der Waals surface area contributed by atoms with Gasteiger partial charge in [0, 0.05) is 30.0 Å². The van der Waals surface area contributed by atoms with E-state index in [4.69, 9.17) is 9.57 Å². The molecule has 0 spiro atoms. The molecule has 1 aliphatic rings. The zero-order valence-electron chi connectivity index (χ0n) is 17.7. The lowest BCUT2D eigenvalue weighted by molar-refractivity contribution is 0.0472. The van der Waals surface area contributed by atoms with Crippen molar-refractivity contribution in [2.45, 2.75) is 12.5 Å². The van der Waals surface area contributed by atoms with E-state index in [0.717, 1.165) is 22.6 Å². The zero-order valence-corrected chi connectivity index (χ0v) is 18.5. The lowest BCUT2D eigenvalue weighted by Gasteiger charge is -2.14. The molecule has 32 heavy (non-hydrogen) atoms. The van der Waals surface area contributed by atoms with E-state index in [1.165, 1.54) is 11.9 Å². The maximum Gasteiger partial charge on any atom is 0.251 e. The van der Waals surface area contributed by atoms with Crippen LogP contribution in [0.5, 0.6) is 5.75 Å². The van der Waals surface area contributed by atoms with Gasteiger partial charge < -0.3 is 19.6 Å². The molecule has 0 saturated carbocycles. The molecule has 0 radical (unpaired) electrons. The number of hydrogen-bond donors (Lipinski definition) is 2. The Morgan fingerprint density at radius 1 is 1.16 bits per heavy atom. The van der Waals surface area contributed by atoms with Crippen LogP contribution in [0.2, 0.25) is 0 Å². The second-order valence-corrected chi connectivity index (χ2v) is 7.79. The van der Waals surface area contributed by atoms with Crippen LogP contribution in [0.15, 0.2) is 78.1 Å². The van der Waals surface area contributed by atoms with E-state index >= 15 is 0 Å². The van der Waals surface area contributed by atoms with Crippen molar-refractivity contribution in [3.8, 4) is 16.9 Å². The fraction of sp³-hybridized carbons (Fsp3) is 0.208. The number of ether oxygens (including phenoxy) is 1. The first-order valence-corrected chi connectivity index (χ1v) is 11.5. The number of aromatic nitrogens is 1. The van der Waals surface area contributed by atoms with Crippen LogP contribution >= 0.6 is 11.9 Å². The van der Waals surface area contributed by atoms with Crippen molar-refractivity contribution in [1.82, 2.24) is 10.3 Å². The number of carbonyl (C=O) groups is 1. The Morgan fingerprint density at radius 3 is 2.81 bits per heavy atom. The van der Waals surface area contributed by atoms with Crippen molar-refractivity contribution in [2.24, 2.45) is 5.16 Å². The summed E-state index contributed by atoms with van der Waals surface area (Å²) < 4.78 is 9.07. The lowest BCUT2D eigenvalue weighted by Crippen LogP contribution is -2.30. The molecule has 2 aromatic carbocycles. The average Bonchev–Trinajstić information content (AvgIpc) is 3.30. The van der Waals surface area contributed by atoms with E-state index in [1.54, 1.807) is 18.3 Å². The van der Waals surface area contributed by atoms with Crippen molar-refractivity contribution >= 4 is 29.4 Å². The summed E-state index contributed by atoms with van der Waals surface area (Å²) in [4.78, 5) is 22.1. The van der Waals surface area contributed by atoms with Gasteiger partial charge in [0.25, 0.3) is 5.91 Å². The molecule has 2 heterocycles. The number of hydrogen-bond acceptors (Lipinski definition) is 7. The Hall–Kier alpha value is -3.52. The van der Waals surface area contributed by atoms with Crippen molar-refractivity contribution in [1.29, 1.82) is 0 Å². The summed E-state index contributed by atoms with van der Waals surface area (Å²) in [5.74, 6) is 1.26. The highest BCUT2D eigenvalue weighted by Gasteiger charge is 2.23. The fourth-order valence-electron chi connectivity index (χ4n) is 3.33. The van der Waals surface area contributed by atoms with Gasteiger partial charge in [-0.15, -0.1) is 0 Å². The van der Waals surface area contributed by atoms with Crippen molar-refractivity contribution in [2.75, 3.05) is 24.1 Å². The largest absolute Gasteiger partial charge is 0.489 e. The normalized spacial score (nSPS) is 14.9. The summed E-state index contributed by atoms with van der Waals surface area (Å²) >= 11 is 1.42. The highest BCUT2D eigenvalue weighted by atomic mass is 32.2. The zero-order chi connectivity index (χ0) is 22.2. The van der Waals surface area contributed by atoms with Gasteiger partial charge in [0.1, 0.15) is 18.2 Å². The first-order valence-electron chi connectivity index (χ1n) is 10.2. The molecule has 1 atom stereocenters. The summed E-state index contributed by atoms with van der Waals surface area (Å²) in [5, 5.41) is 7.00. The van der Waals surface area contributed by atoms with Gasteiger partial charge in [-0.2, -0.15) is 0 Å². The van der Waals surface area contributed by atoms with Gasteiger partial charge in [0.05, 0.1) is 12.3 Å². The number of benzene rings is 2. The quantitative estimate of drug-likeness (QED) is 0.472. The minimum Gasteiger partial charge on any atom is -0.489 e. The van der Waals surface area contributed by atoms with Gasteiger partial charge >= 0.3 is 0 Å². The maximum atomic E-state index is 12.4. The van der Waals surface area contributed by atoms with Crippen LogP contribution in [0.25, 0.3) is 11.1 Å². The van der Waals surface area contributed by atoms with Crippen LogP contribution < -0.4 is 14.8 Å². The molecule has 0 aliphatic carbocycles. The van der Waals surface area contributed by atoms with Gasteiger partial charge in [-0.25, -0.2) is 4.98 Å². The number of nitrogens with zero attached hydrogens (tertiary/aromatic N) is 2. The van der Waals surface area contributed by atoms with Crippen LogP contribution in [-0.2, 0) is 4.84 Å². The molecule has 1 amide bonds. The van der Waals surface area contributed by atoms with Gasteiger partial charge in [-0.3, -0.25) is 4.79 Å². The van der Waals surface area contributed by atoms with Crippen LogP contribution in [-0.4, -0.2) is 42.1 Å². The molecule has 1 aromatic heterocycles. The average molecular weight is 449 g/mol. The monoisotopic (exact) mass is 448 g/mol. The molecule has 164 valence electrons. The molecule has 2 N–H and O–H groups in total. The highest BCUT2D eigenvalue weighted by Crippen LogP contribution is 2.30. The molecule has 0 saturated heterocycles. The Bertz CT molecular complexity index is 1090. The minimum absolute atomic E-state index is 0.184. The number of pyridine rings is 1. The van der Waals surface area contributed by atoms with Crippen LogP contribution in [0.1, 0.15) is 16.8 Å². The van der Waals surface area contributed by atoms with Crippen LogP contribution in [0.3, 0.4) is 0 Å². The number of nitrogens with one attached hydrogen (secondary N) is 2. The van der Waals surface area contributed by atoms with Crippen molar-refractivity contribution < 1.29 is 14.4 Å². The fourth-order valence-corrected chi connectivity index (χ4v) is 3.65. The molecule has 1 unspecified atom stereocenters. The van der Waals surface area contributed by atoms with Gasteiger partial charge in [-0.05, 0) is 23.8 Å². The summed E-state index contributed by atoms with van der Waals surface area (Å²) in [5.41, 5.74) is 3.45. The Morgan fingerprint density at radius 2 is 1.97 bits per heavy atom. The Labute approximate surface area is 191 Å². The maximum absolute atomic E-state index is 12.4. The Balaban J connectivity index is 1.27. The molecular weight excluding hydrogens is 424 g/mol. The SMILES string of the molecule is CSNc1cc(C(=O)NCC2=NOC(COc3ccccc3-c3ccccc3)C2)ccn1. The number of para-hydroxylation sites is 1. The third-order valence-electron chi connectivity index (χ3n) is 4.87. The number of anilines is 1. The van der Waals surface area contributed by atoms with Gasteiger partial charge in [-0.1, -0.05) is 65.6 Å². The predicted octanol–water partition coefficient (Wildman–Crippen LogP) is 4.39. The first-order chi connectivity index (χ1) is 15.7. The third kappa shape index (κ3) is 5.59. The molecular formula is C24H24N4O3S. The van der Waals surface area contributed by atoms with Gasteiger partial charge in [0.2, 0.25) is 0 Å². The second kappa shape index (κ2) is 10.7. The molecule has 0 fully saturated rings. The van der Waals surface area contributed by atoms with Crippen LogP contribution in [0, 0.1) is 0 Å². The molecule has 3 aromatic rings. The summed E-state index contributed by atoms with van der Waals surface area (Å²) in [7, 11) is 0. The summed E-state index contributed by atoms with van der Waals surface area (Å²) in [6, 6.07) is 21.4. The Kier molecular flexibility index (Phi) is 7.24. The molecule has 1 aliphatic heterocycles. The highest BCUT2D eigenvalue weighted by molar-refractivity contribution is 7.99. The minimum atomic E-state index is -0.191.